The first-order valence-corrected chi connectivity index (χ1v) is 4.40. The maximum absolute atomic E-state index is 10.6. The molecule has 0 radical (unpaired) electrons. The van der Waals surface area contributed by atoms with Crippen LogP contribution < -0.4 is 0 Å². The lowest BCUT2D eigenvalue weighted by Gasteiger charge is -2.10. The van der Waals surface area contributed by atoms with Crippen molar-refractivity contribution in [1.82, 2.24) is 0 Å². The molecule has 1 aliphatic carbocycles. The minimum absolute atomic E-state index is 0.108. The molecular weight excluding hydrogens is 168 g/mol. The molecule has 3 heteroatoms. The van der Waals surface area contributed by atoms with Crippen molar-refractivity contribution in [3.05, 3.63) is 23.7 Å². The average Bonchev–Trinajstić information content (AvgIpc) is 2.65. The van der Waals surface area contributed by atoms with Gasteiger partial charge in [-0.15, -0.1) is 0 Å². The molecule has 0 saturated heterocycles. The normalized spacial score (nSPS) is 18.5. The number of hydrogen-bond donors (Lipinski definition) is 1. The van der Waals surface area contributed by atoms with Crippen LogP contribution in [0, 0.1) is 6.92 Å². The second-order valence-corrected chi connectivity index (χ2v) is 3.74. The summed E-state index contributed by atoms with van der Waals surface area (Å²) in [5, 5.41) is 8.75. The van der Waals surface area contributed by atoms with Gasteiger partial charge in [0.05, 0.1) is 12.7 Å². The molecule has 0 unspecified atom stereocenters. The molecule has 70 valence electrons. The molecule has 2 rings (SSSR count). The van der Waals surface area contributed by atoms with Gasteiger partial charge >= 0.3 is 5.97 Å². The lowest BCUT2D eigenvalue weighted by Crippen LogP contribution is -2.12. The standard InChI is InChI=1S/C10H12O3/c1-7-8(2-5-13-7)10(3-4-10)6-9(11)12/h2,5H,3-4,6H2,1H3,(H,11,12). The van der Waals surface area contributed by atoms with Crippen LogP contribution in [0.4, 0.5) is 0 Å². The average molecular weight is 180 g/mol. The third-order valence-electron chi connectivity index (χ3n) is 2.77. The van der Waals surface area contributed by atoms with Crippen molar-refractivity contribution in [3.8, 4) is 0 Å². The molecule has 1 aromatic heterocycles. The molecular formula is C10H12O3. The van der Waals surface area contributed by atoms with Gasteiger partial charge in [-0.2, -0.15) is 0 Å². The van der Waals surface area contributed by atoms with Crippen molar-refractivity contribution < 1.29 is 14.3 Å². The van der Waals surface area contributed by atoms with Crippen molar-refractivity contribution in [3.63, 3.8) is 0 Å². The number of carboxylic acid groups (broad SMARTS) is 1. The molecule has 13 heavy (non-hydrogen) atoms. The SMILES string of the molecule is Cc1occc1C1(CC(=O)O)CC1. The molecule has 0 amide bonds. The van der Waals surface area contributed by atoms with E-state index in [9.17, 15) is 4.79 Å². The number of hydrogen-bond acceptors (Lipinski definition) is 2. The zero-order valence-corrected chi connectivity index (χ0v) is 7.54. The van der Waals surface area contributed by atoms with E-state index in [0.29, 0.717) is 0 Å². The molecule has 3 nitrogen and oxygen atoms in total. The van der Waals surface area contributed by atoms with E-state index in [2.05, 4.69) is 0 Å². The lowest BCUT2D eigenvalue weighted by atomic mass is 9.93. The quantitative estimate of drug-likeness (QED) is 0.774. The Morgan fingerprint density at radius 2 is 2.38 bits per heavy atom. The number of carboxylic acids is 1. The fourth-order valence-corrected chi connectivity index (χ4v) is 1.92. The molecule has 1 N–H and O–H groups in total. The summed E-state index contributed by atoms with van der Waals surface area (Å²) in [6.07, 6.45) is 3.80. The van der Waals surface area contributed by atoms with Gasteiger partial charge < -0.3 is 9.52 Å². The monoisotopic (exact) mass is 180 g/mol. The predicted octanol–water partition coefficient (Wildman–Crippen LogP) is 2.09. The van der Waals surface area contributed by atoms with Crippen molar-refractivity contribution >= 4 is 5.97 Å². The van der Waals surface area contributed by atoms with Gasteiger partial charge in [0, 0.05) is 5.41 Å². The molecule has 0 atom stereocenters. The second kappa shape index (κ2) is 2.62. The highest BCUT2D eigenvalue weighted by atomic mass is 16.4. The van der Waals surface area contributed by atoms with Gasteiger partial charge in [0.1, 0.15) is 5.76 Å². The lowest BCUT2D eigenvalue weighted by molar-refractivity contribution is -0.137. The third-order valence-corrected chi connectivity index (χ3v) is 2.77. The van der Waals surface area contributed by atoms with Crippen LogP contribution in [0.25, 0.3) is 0 Å². The molecule has 1 aliphatic rings. The first-order chi connectivity index (χ1) is 6.14. The minimum atomic E-state index is -0.724. The van der Waals surface area contributed by atoms with Crippen LogP contribution in [-0.2, 0) is 10.2 Å². The van der Waals surface area contributed by atoms with E-state index in [1.165, 1.54) is 0 Å². The molecule has 0 aromatic carbocycles. The van der Waals surface area contributed by atoms with Crippen LogP contribution in [0.15, 0.2) is 16.7 Å². The van der Waals surface area contributed by atoms with Crippen LogP contribution >= 0.6 is 0 Å². The summed E-state index contributed by atoms with van der Waals surface area (Å²) in [5.74, 6) is 0.136. The Morgan fingerprint density at radius 1 is 1.69 bits per heavy atom. The van der Waals surface area contributed by atoms with Gasteiger partial charge in [-0.25, -0.2) is 0 Å². The van der Waals surface area contributed by atoms with Crippen LogP contribution in [0.5, 0.6) is 0 Å². The summed E-state index contributed by atoms with van der Waals surface area (Å²) in [5.41, 5.74) is 0.970. The van der Waals surface area contributed by atoms with E-state index >= 15 is 0 Å². The highest BCUT2D eigenvalue weighted by Crippen LogP contribution is 2.52. The molecule has 0 spiro atoms. The maximum Gasteiger partial charge on any atom is 0.304 e. The van der Waals surface area contributed by atoms with Crippen LogP contribution in [0.1, 0.15) is 30.6 Å². The van der Waals surface area contributed by atoms with E-state index in [1.807, 2.05) is 13.0 Å². The Balaban J connectivity index is 2.25. The summed E-state index contributed by atoms with van der Waals surface area (Å²) in [6, 6.07) is 1.89. The van der Waals surface area contributed by atoms with Gasteiger partial charge in [-0.05, 0) is 31.4 Å². The van der Waals surface area contributed by atoms with Crippen molar-refractivity contribution in [1.29, 1.82) is 0 Å². The molecule has 1 fully saturated rings. The zero-order valence-electron chi connectivity index (χ0n) is 7.54. The zero-order chi connectivity index (χ0) is 9.47. The molecule has 1 heterocycles. The first kappa shape index (κ1) is 8.35. The molecule has 1 aromatic rings. The van der Waals surface area contributed by atoms with Crippen LogP contribution in [0.3, 0.4) is 0 Å². The highest BCUT2D eigenvalue weighted by molar-refractivity contribution is 5.70. The van der Waals surface area contributed by atoms with E-state index in [0.717, 1.165) is 24.2 Å². The van der Waals surface area contributed by atoms with Gasteiger partial charge in [0.2, 0.25) is 0 Å². The molecule has 0 bridgehead atoms. The van der Waals surface area contributed by atoms with Gasteiger partial charge in [-0.1, -0.05) is 0 Å². The summed E-state index contributed by atoms with van der Waals surface area (Å²) in [7, 11) is 0. The topological polar surface area (TPSA) is 50.4 Å². The fourth-order valence-electron chi connectivity index (χ4n) is 1.92. The number of aliphatic carboxylic acids is 1. The smallest absolute Gasteiger partial charge is 0.304 e. The summed E-state index contributed by atoms with van der Waals surface area (Å²) in [6.45, 7) is 1.89. The van der Waals surface area contributed by atoms with Gasteiger partial charge in [0.25, 0.3) is 0 Å². The maximum atomic E-state index is 10.6. The minimum Gasteiger partial charge on any atom is -0.481 e. The van der Waals surface area contributed by atoms with E-state index < -0.39 is 5.97 Å². The Hall–Kier alpha value is -1.25. The van der Waals surface area contributed by atoms with Gasteiger partial charge in [0.15, 0.2) is 0 Å². The second-order valence-electron chi connectivity index (χ2n) is 3.74. The number of furan rings is 1. The first-order valence-electron chi connectivity index (χ1n) is 4.40. The van der Waals surface area contributed by atoms with E-state index in [-0.39, 0.29) is 11.8 Å². The Bertz CT molecular complexity index is 334. The molecule has 1 saturated carbocycles. The van der Waals surface area contributed by atoms with Crippen molar-refractivity contribution in [2.45, 2.75) is 31.6 Å². The summed E-state index contributed by atoms with van der Waals surface area (Å²) in [4.78, 5) is 10.6. The van der Waals surface area contributed by atoms with Crippen molar-refractivity contribution in [2.75, 3.05) is 0 Å². The van der Waals surface area contributed by atoms with Crippen molar-refractivity contribution in [2.24, 2.45) is 0 Å². The summed E-state index contributed by atoms with van der Waals surface area (Å²) >= 11 is 0. The van der Waals surface area contributed by atoms with E-state index in [4.69, 9.17) is 9.52 Å². The Morgan fingerprint density at radius 3 is 2.77 bits per heavy atom. The third kappa shape index (κ3) is 1.34. The largest absolute Gasteiger partial charge is 0.481 e. The van der Waals surface area contributed by atoms with Crippen LogP contribution in [-0.4, -0.2) is 11.1 Å². The number of rotatable bonds is 3. The van der Waals surface area contributed by atoms with E-state index in [1.54, 1.807) is 6.26 Å². The Kier molecular flexibility index (Phi) is 1.68. The molecule has 0 aliphatic heterocycles. The fraction of sp³-hybridized carbons (Fsp3) is 0.500. The predicted molar refractivity (Wildman–Crippen MR) is 46.6 cm³/mol. The summed E-state index contributed by atoms with van der Waals surface area (Å²) < 4.78 is 5.18. The highest BCUT2D eigenvalue weighted by Gasteiger charge is 2.47. The Labute approximate surface area is 76.4 Å². The van der Waals surface area contributed by atoms with Gasteiger partial charge in [-0.3, -0.25) is 4.79 Å². The number of carbonyl (C=O) groups is 1. The number of aryl methyl sites for hydroxylation is 1. The van der Waals surface area contributed by atoms with Crippen LogP contribution in [0.2, 0.25) is 0 Å².